The summed E-state index contributed by atoms with van der Waals surface area (Å²) < 4.78 is 0. The van der Waals surface area contributed by atoms with Crippen molar-refractivity contribution in [1.29, 1.82) is 0 Å². The second-order valence-electron chi connectivity index (χ2n) is 3.81. The van der Waals surface area contributed by atoms with Gasteiger partial charge in [0, 0.05) is 13.0 Å². The lowest BCUT2D eigenvalue weighted by atomic mass is 10.4. The molecule has 9 heteroatoms. The van der Waals surface area contributed by atoms with E-state index in [0.29, 0.717) is 23.9 Å². The van der Waals surface area contributed by atoms with E-state index < -0.39 is 0 Å². The van der Waals surface area contributed by atoms with Crippen molar-refractivity contribution in [3.05, 3.63) is 15.8 Å². The first kappa shape index (κ1) is 13.9. The molecule has 0 spiro atoms. The maximum absolute atomic E-state index is 11.6. The molecule has 7 nitrogen and oxygen atoms in total. The maximum Gasteiger partial charge on any atom is 0.230 e. The number of aryl methyl sites for hydroxylation is 2. The van der Waals surface area contributed by atoms with Crippen LogP contribution in [0.3, 0.4) is 0 Å². The third kappa shape index (κ3) is 4.60. The van der Waals surface area contributed by atoms with E-state index in [4.69, 9.17) is 0 Å². The highest BCUT2D eigenvalue weighted by atomic mass is 32.2. The number of nitrogens with zero attached hydrogens (tertiary/aromatic N) is 4. The monoisotopic (exact) mass is 298 g/mol. The quantitative estimate of drug-likeness (QED) is 0.763. The molecule has 0 aliphatic heterocycles. The van der Waals surface area contributed by atoms with E-state index in [1.165, 1.54) is 11.8 Å². The van der Waals surface area contributed by atoms with Gasteiger partial charge in [-0.15, -0.1) is 26.6 Å². The van der Waals surface area contributed by atoms with Gasteiger partial charge in [-0.2, -0.15) is 0 Å². The fourth-order valence-electron chi connectivity index (χ4n) is 1.32. The topological polar surface area (TPSA) is 96.5 Å². The van der Waals surface area contributed by atoms with Crippen LogP contribution >= 0.6 is 23.1 Å². The summed E-state index contributed by atoms with van der Waals surface area (Å²) in [5, 5.41) is 19.9. The molecule has 0 saturated carbocycles. The zero-order valence-corrected chi connectivity index (χ0v) is 12.3. The molecule has 0 aliphatic rings. The molecule has 0 fully saturated rings. The Balaban J connectivity index is 1.64. The third-order valence-corrected chi connectivity index (χ3v) is 3.88. The molecule has 1 amide bonds. The minimum absolute atomic E-state index is 0.0336. The molecule has 2 aromatic heterocycles. The number of nitrogens with one attached hydrogen (secondary N) is 2. The Bertz CT molecular complexity index is 552. The maximum atomic E-state index is 11.6. The predicted octanol–water partition coefficient (Wildman–Crippen LogP) is 0.724. The third-order valence-electron chi connectivity index (χ3n) is 2.14. The van der Waals surface area contributed by atoms with Gasteiger partial charge < -0.3 is 5.32 Å². The second kappa shape index (κ2) is 6.62. The first-order valence-electron chi connectivity index (χ1n) is 5.71. The van der Waals surface area contributed by atoms with Gasteiger partial charge in [0.05, 0.1) is 5.75 Å². The summed E-state index contributed by atoms with van der Waals surface area (Å²) in [6.07, 6.45) is 0.710. The second-order valence-corrected chi connectivity index (χ2v) is 6.02. The van der Waals surface area contributed by atoms with Crippen molar-refractivity contribution >= 4 is 29.0 Å². The highest BCUT2D eigenvalue weighted by Crippen LogP contribution is 2.11. The van der Waals surface area contributed by atoms with Gasteiger partial charge in [0.25, 0.3) is 0 Å². The van der Waals surface area contributed by atoms with Gasteiger partial charge in [-0.25, -0.2) is 4.98 Å². The summed E-state index contributed by atoms with van der Waals surface area (Å²) in [5.74, 6) is 1.02. The number of hydrogen-bond donors (Lipinski definition) is 2. The molecule has 0 aromatic carbocycles. The van der Waals surface area contributed by atoms with Crippen molar-refractivity contribution in [1.82, 2.24) is 30.7 Å². The van der Waals surface area contributed by atoms with E-state index in [2.05, 4.69) is 30.7 Å². The summed E-state index contributed by atoms with van der Waals surface area (Å²) in [6, 6.07) is 0. The molecule has 0 bridgehead atoms. The summed E-state index contributed by atoms with van der Waals surface area (Å²) >= 11 is 2.86. The molecule has 2 N–H and O–H groups in total. The summed E-state index contributed by atoms with van der Waals surface area (Å²) in [4.78, 5) is 15.7. The van der Waals surface area contributed by atoms with Crippen molar-refractivity contribution in [2.75, 3.05) is 12.3 Å². The average Bonchev–Trinajstić information content (AvgIpc) is 2.96. The number of amides is 1. The minimum atomic E-state index is -0.0336. The molecule has 2 aromatic rings. The van der Waals surface area contributed by atoms with Gasteiger partial charge in [-0.05, 0) is 13.8 Å². The minimum Gasteiger partial charge on any atom is -0.355 e. The first-order chi connectivity index (χ1) is 9.13. The number of carbonyl (C=O) groups is 1. The lowest BCUT2D eigenvalue weighted by molar-refractivity contribution is -0.118. The summed E-state index contributed by atoms with van der Waals surface area (Å²) in [7, 11) is 0. The van der Waals surface area contributed by atoms with E-state index >= 15 is 0 Å². The highest BCUT2D eigenvalue weighted by molar-refractivity contribution is 7.99. The Morgan fingerprint density at radius 2 is 2.26 bits per heavy atom. The van der Waals surface area contributed by atoms with Crippen LogP contribution in [-0.2, 0) is 11.2 Å². The Morgan fingerprint density at radius 3 is 2.89 bits per heavy atom. The van der Waals surface area contributed by atoms with E-state index in [0.717, 1.165) is 15.8 Å². The van der Waals surface area contributed by atoms with Crippen molar-refractivity contribution in [2.24, 2.45) is 0 Å². The number of aromatic amines is 1. The van der Waals surface area contributed by atoms with Crippen LogP contribution in [0.2, 0.25) is 0 Å². The molecule has 0 atom stereocenters. The Kier molecular flexibility index (Phi) is 4.86. The van der Waals surface area contributed by atoms with Gasteiger partial charge in [0.2, 0.25) is 11.1 Å². The lowest BCUT2D eigenvalue weighted by Gasteiger charge is -2.01. The molecule has 0 radical (unpaired) electrons. The molecular formula is C10H14N6OS2. The van der Waals surface area contributed by atoms with Crippen LogP contribution in [0.1, 0.15) is 15.8 Å². The van der Waals surface area contributed by atoms with E-state index in [1.807, 2.05) is 13.8 Å². The number of hydrogen-bond acceptors (Lipinski definition) is 7. The number of thioether (sulfide) groups is 1. The standard InChI is InChI=1S/C10H14N6OS2/c1-6-12-10(16-13-6)18-5-8(17)11-4-3-9-15-14-7(2)19-9/h3-5H2,1-2H3,(H,11,17)(H,12,13,16). The first-order valence-corrected chi connectivity index (χ1v) is 7.51. The van der Waals surface area contributed by atoms with Crippen molar-refractivity contribution in [3.63, 3.8) is 0 Å². The van der Waals surface area contributed by atoms with Crippen LogP contribution in [0.5, 0.6) is 0 Å². The molecule has 102 valence electrons. The highest BCUT2D eigenvalue weighted by Gasteiger charge is 2.06. The number of H-pyrrole nitrogens is 1. The molecule has 2 rings (SSSR count). The van der Waals surface area contributed by atoms with E-state index in [1.54, 1.807) is 11.3 Å². The Labute approximate surface area is 118 Å². The number of carbonyl (C=O) groups excluding carboxylic acids is 1. The fraction of sp³-hybridized carbons (Fsp3) is 0.500. The Morgan fingerprint density at radius 1 is 1.42 bits per heavy atom. The predicted molar refractivity (Wildman–Crippen MR) is 73.2 cm³/mol. The van der Waals surface area contributed by atoms with Gasteiger partial charge in [-0.3, -0.25) is 9.89 Å². The summed E-state index contributed by atoms with van der Waals surface area (Å²) in [6.45, 7) is 4.30. The fourth-order valence-corrected chi connectivity index (χ4v) is 2.70. The SMILES string of the molecule is Cc1nc(SCC(=O)NCCc2nnc(C)s2)n[nH]1. The molecular weight excluding hydrogens is 284 g/mol. The van der Waals surface area contributed by atoms with Gasteiger partial charge in [0.1, 0.15) is 15.8 Å². The molecule has 19 heavy (non-hydrogen) atoms. The zero-order chi connectivity index (χ0) is 13.7. The molecule has 0 unspecified atom stereocenters. The lowest BCUT2D eigenvalue weighted by Crippen LogP contribution is -2.27. The van der Waals surface area contributed by atoms with Crippen LogP contribution in [-0.4, -0.2) is 43.6 Å². The van der Waals surface area contributed by atoms with E-state index in [-0.39, 0.29) is 5.91 Å². The smallest absolute Gasteiger partial charge is 0.230 e. The van der Waals surface area contributed by atoms with Gasteiger partial charge in [-0.1, -0.05) is 11.8 Å². The largest absolute Gasteiger partial charge is 0.355 e. The Hall–Kier alpha value is -1.48. The van der Waals surface area contributed by atoms with Crippen molar-refractivity contribution in [2.45, 2.75) is 25.4 Å². The molecule has 0 aliphatic carbocycles. The van der Waals surface area contributed by atoms with Crippen LogP contribution in [0.15, 0.2) is 5.16 Å². The molecule has 0 saturated heterocycles. The van der Waals surface area contributed by atoms with Crippen molar-refractivity contribution in [3.8, 4) is 0 Å². The zero-order valence-electron chi connectivity index (χ0n) is 10.6. The van der Waals surface area contributed by atoms with Crippen LogP contribution in [0, 0.1) is 13.8 Å². The van der Waals surface area contributed by atoms with Crippen LogP contribution < -0.4 is 5.32 Å². The van der Waals surface area contributed by atoms with Gasteiger partial charge >= 0.3 is 0 Å². The average molecular weight is 298 g/mol. The van der Waals surface area contributed by atoms with Crippen molar-refractivity contribution < 1.29 is 4.79 Å². The number of rotatable bonds is 6. The normalized spacial score (nSPS) is 10.6. The molecule has 2 heterocycles. The number of aromatic nitrogens is 5. The van der Waals surface area contributed by atoms with Crippen LogP contribution in [0.4, 0.5) is 0 Å². The summed E-state index contributed by atoms with van der Waals surface area (Å²) in [5.41, 5.74) is 0. The van der Waals surface area contributed by atoms with Gasteiger partial charge in [0.15, 0.2) is 0 Å². The van der Waals surface area contributed by atoms with E-state index in [9.17, 15) is 4.79 Å². The van der Waals surface area contributed by atoms with Crippen LogP contribution in [0.25, 0.3) is 0 Å².